The summed E-state index contributed by atoms with van der Waals surface area (Å²) in [4.78, 5) is 0. The first-order chi connectivity index (χ1) is 11.0. The SMILES string of the molecule is CC[C@H]1CC[C@H](/C=C/C#C[C@H]2CC[C@H](OC(F)(F)F)CC2)CC1. The smallest absolute Gasteiger partial charge is 0.289 e. The quantitative estimate of drug-likeness (QED) is 0.590. The van der Waals surface area contributed by atoms with Crippen LogP contribution in [0.1, 0.15) is 64.7 Å². The molecule has 0 atom stereocenters. The molecule has 2 rings (SSSR count). The van der Waals surface area contributed by atoms with E-state index in [1.54, 1.807) is 0 Å². The van der Waals surface area contributed by atoms with Gasteiger partial charge in [-0.2, -0.15) is 0 Å². The second-order valence-electron chi connectivity index (χ2n) is 6.87. The van der Waals surface area contributed by atoms with E-state index in [-0.39, 0.29) is 5.92 Å². The van der Waals surface area contributed by atoms with E-state index in [4.69, 9.17) is 0 Å². The molecule has 0 spiro atoms. The van der Waals surface area contributed by atoms with E-state index in [0.717, 1.165) is 5.92 Å². The van der Waals surface area contributed by atoms with Gasteiger partial charge >= 0.3 is 6.36 Å². The summed E-state index contributed by atoms with van der Waals surface area (Å²) in [7, 11) is 0. The normalized spacial score (nSPS) is 32.5. The van der Waals surface area contributed by atoms with Crippen LogP contribution in [0.2, 0.25) is 0 Å². The van der Waals surface area contributed by atoms with E-state index in [1.165, 1.54) is 32.1 Å². The Balaban J connectivity index is 1.67. The lowest BCUT2D eigenvalue weighted by Crippen LogP contribution is -2.27. The summed E-state index contributed by atoms with van der Waals surface area (Å²) in [6, 6.07) is 0. The molecular formula is C19H27F3O. The molecule has 0 radical (unpaired) electrons. The molecule has 0 aliphatic heterocycles. The van der Waals surface area contributed by atoms with Gasteiger partial charge < -0.3 is 0 Å². The highest BCUT2D eigenvalue weighted by Gasteiger charge is 2.35. The number of hydrogen-bond acceptors (Lipinski definition) is 1. The minimum Gasteiger partial charge on any atom is -0.289 e. The van der Waals surface area contributed by atoms with Crippen LogP contribution in [0.15, 0.2) is 12.2 Å². The Morgan fingerprint density at radius 2 is 1.65 bits per heavy atom. The summed E-state index contributed by atoms with van der Waals surface area (Å²) in [6.45, 7) is 2.26. The third kappa shape index (κ3) is 6.99. The molecule has 0 saturated heterocycles. The minimum atomic E-state index is -4.51. The van der Waals surface area contributed by atoms with Gasteiger partial charge in [0, 0.05) is 5.92 Å². The van der Waals surface area contributed by atoms with Crippen molar-refractivity contribution in [1.82, 2.24) is 0 Å². The lowest BCUT2D eigenvalue weighted by atomic mass is 9.81. The summed E-state index contributed by atoms with van der Waals surface area (Å²) < 4.78 is 40.5. The van der Waals surface area contributed by atoms with Crippen LogP contribution in [0.4, 0.5) is 13.2 Å². The lowest BCUT2D eigenvalue weighted by molar-refractivity contribution is -0.345. The molecule has 130 valence electrons. The first kappa shape index (κ1) is 18.4. The third-order valence-corrected chi connectivity index (χ3v) is 5.18. The molecule has 23 heavy (non-hydrogen) atoms. The van der Waals surface area contributed by atoms with Gasteiger partial charge in [-0.1, -0.05) is 31.3 Å². The topological polar surface area (TPSA) is 9.23 Å². The summed E-state index contributed by atoms with van der Waals surface area (Å²) in [5, 5.41) is 0. The van der Waals surface area contributed by atoms with Gasteiger partial charge in [-0.05, 0) is 69.3 Å². The van der Waals surface area contributed by atoms with Crippen LogP contribution >= 0.6 is 0 Å². The second-order valence-corrected chi connectivity index (χ2v) is 6.87. The van der Waals surface area contributed by atoms with E-state index in [0.29, 0.717) is 31.6 Å². The summed E-state index contributed by atoms with van der Waals surface area (Å²) in [5.41, 5.74) is 0. The number of halogens is 3. The Morgan fingerprint density at radius 3 is 2.22 bits per heavy atom. The maximum atomic E-state index is 12.2. The van der Waals surface area contributed by atoms with Crippen molar-refractivity contribution in [2.45, 2.75) is 77.2 Å². The number of allylic oxidation sites excluding steroid dienone is 2. The zero-order valence-electron chi connectivity index (χ0n) is 13.9. The van der Waals surface area contributed by atoms with Crippen molar-refractivity contribution < 1.29 is 17.9 Å². The van der Waals surface area contributed by atoms with E-state index >= 15 is 0 Å². The highest BCUT2D eigenvalue weighted by molar-refractivity contribution is 5.18. The van der Waals surface area contributed by atoms with Crippen molar-refractivity contribution in [3.63, 3.8) is 0 Å². The maximum absolute atomic E-state index is 12.2. The number of rotatable bonds is 3. The molecule has 1 nitrogen and oxygen atoms in total. The number of ether oxygens (including phenoxy) is 1. The first-order valence-corrected chi connectivity index (χ1v) is 8.88. The van der Waals surface area contributed by atoms with Gasteiger partial charge in [-0.3, -0.25) is 4.74 Å². The molecule has 0 unspecified atom stereocenters. The average molecular weight is 328 g/mol. The summed E-state index contributed by atoms with van der Waals surface area (Å²) in [6.07, 6.45) is 7.72. The molecule has 0 N–H and O–H groups in total. The van der Waals surface area contributed by atoms with Crippen LogP contribution in [0.3, 0.4) is 0 Å². The van der Waals surface area contributed by atoms with Gasteiger partial charge in [-0.25, -0.2) is 0 Å². The van der Waals surface area contributed by atoms with Crippen LogP contribution in [0, 0.1) is 29.6 Å². The van der Waals surface area contributed by atoms with Gasteiger partial charge in [0.1, 0.15) is 0 Å². The maximum Gasteiger partial charge on any atom is 0.522 e. The monoisotopic (exact) mass is 328 g/mol. The highest BCUT2D eigenvalue weighted by atomic mass is 19.4. The van der Waals surface area contributed by atoms with Gasteiger partial charge in [0.15, 0.2) is 0 Å². The molecule has 2 fully saturated rings. The zero-order chi connectivity index (χ0) is 16.7. The van der Waals surface area contributed by atoms with E-state index < -0.39 is 12.5 Å². The number of hydrogen-bond donors (Lipinski definition) is 0. The van der Waals surface area contributed by atoms with Crippen molar-refractivity contribution in [2.24, 2.45) is 17.8 Å². The molecule has 0 aromatic rings. The highest BCUT2D eigenvalue weighted by Crippen LogP contribution is 2.32. The van der Waals surface area contributed by atoms with Crippen molar-refractivity contribution in [3.05, 3.63) is 12.2 Å². The second kappa shape index (κ2) is 8.78. The van der Waals surface area contributed by atoms with Gasteiger partial charge in [-0.15, -0.1) is 13.2 Å². The molecule has 0 amide bonds. The molecule has 2 saturated carbocycles. The molecule has 0 aromatic heterocycles. The lowest BCUT2D eigenvalue weighted by Gasteiger charge is -2.26. The fourth-order valence-electron chi connectivity index (χ4n) is 3.65. The molecular weight excluding hydrogens is 301 g/mol. The van der Waals surface area contributed by atoms with Crippen molar-refractivity contribution in [3.8, 4) is 11.8 Å². The fourth-order valence-corrected chi connectivity index (χ4v) is 3.65. The van der Waals surface area contributed by atoms with Crippen LogP contribution in [0.25, 0.3) is 0 Å². The van der Waals surface area contributed by atoms with Crippen LogP contribution < -0.4 is 0 Å². The van der Waals surface area contributed by atoms with Crippen LogP contribution in [0.5, 0.6) is 0 Å². The third-order valence-electron chi connectivity index (χ3n) is 5.18. The Kier molecular flexibility index (Phi) is 7.02. The molecule has 0 heterocycles. The molecule has 4 heteroatoms. The largest absolute Gasteiger partial charge is 0.522 e. The Labute approximate surface area is 137 Å². The minimum absolute atomic E-state index is 0.212. The van der Waals surface area contributed by atoms with E-state index in [9.17, 15) is 13.2 Å². The van der Waals surface area contributed by atoms with E-state index in [2.05, 4.69) is 29.6 Å². The molecule has 2 aliphatic carbocycles. The van der Waals surface area contributed by atoms with Crippen molar-refractivity contribution in [1.29, 1.82) is 0 Å². The van der Waals surface area contributed by atoms with E-state index in [1.807, 2.05) is 6.08 Å². The fraction of sp³-hybridized carbons (Fsp3) is 0.789. The van der Waals surface area contributed by atoms with Gasteiger partial charge in [0.25, 0.3) is 0 Å². The Morgan fingerprint density at radius 1 is 1.00 bits per heavy atom. The van der Waals surface area contributed by atoms with Crippen molar-refractivity contribution in [2.75, 3.05) is 0 Å². The molecule has 0 bridgehead atoms. The molecule has 0 aromatic carbocycles. The zero-order valence-corrected chi connectivity index (χ0v) is 13.9. The van der Waals surface area contributed by atoms with Crippen LogP contribution in [-0.4, -0.2) is 12.5 Å². The van der Waals surface area contributed by atoms with Crippen molar-refractivity contribution >= 4 is 0 Å². The molecule has 2 aliphatic rings. The van der Waals surface area contributed by atoms with Crippen LogP contribution in [-0.2, 0) is 4.74 Å². The summed E-state index contributed by atoms with van der Waals surface area (Å²) in [5.74, 6) is 8.06. The van der Waals surface area contributed by atoms with Gasteiger partial charge in [0.05, 0.1) is 6.10 Å². The average Bonchev–Trinajstić information content (AvgIpc) is 2.52. The predicted octanol–water partition coefficient (Wildman–Crippen LogP) is 5.86. The summed E-state index contributed by atoms with van der Waals surface area (Å²) >= 11 is 0. The Hall–Kier alpha value is -0.950. The number of alkyl halides is 3. The standard InChI is InChI=1S/C19H27F3O/c1-2-15-7-9-16(10-8-15)5-3-4-6-17-11-13-18(14-12-17)23-19(20,21)22/h3,5,15-18H,2,7-14H2,1H3/b5-3+/t15-,16-,17-,18-. The van der Waals surface area contributed by atoms with Gasteiger partial charge in [0.2, 0.25) is 0 Å². The predicted molar refractivity (Wildman–Crippen MR) is 85.5 cm³/mol. The first-order valence-electron chi connectivity index (χ1n) is 8.88. The Bertz CT molecular complexity index is 428.